The van der Waals surface area contributed by atoms with Crippen molar-refractivity contribution in [2.45, 2.75) is 39.2 Å². The quantitative estimate of drug-likeness (QED) is 0.440. The molecule has 0 aromatic carbocycles. The lowest BCUT2D eigenvalue weighted by Crippen LogP contribution is -2.14. The van der Waals surface area contributed by atoms with Crippen LogP contribution in [-0.4, -0.2) is 23.0 Å². The monoisotopic (exact) mass is 244 g/mol. The number of carbonyl (C=O) groups excluding carboxylic acids is 1. The van der Waals surface area contributed by atoms with E-state index >= 15 is 0 Å². The number of esters is 1. The Morgan fingerprint density at radius 2 is 2.38 bits per heavy atom. The number of nitrogens with one attached hydrogen (secondary N) is 1. The molecule has 2 atom stereocenters. The molecule has 0 saturated carbocycles. The van der Waals surface area contributed by atoms with E-state index in [2.05, 4.69) is 13.8 Å². The first-order chi connectivity index (χ1) is 7.49. The minimum absolute atomic E-state index is 0.0555. The van der Waals surface area contributed by atoms with Gasteiger partial charge in [0.25, 0.3) is 0 Å². The lowest BCUT2D eigenvalue weighted by Gasteiger charge is -2.07. The number of nitrogens with two attached hydrogens (primary N) is 1. The summed E-state index contributed by atoms with van der Waals surface area (Å²) in [5, 5.41) is 7.18. The van der Waals surface area contributed by atoms with Crippen molar-refractivity contribution < 1.29 is 9.53 Å². The van der Waals surface area contributed by atoms with E-state index in [4.69, 9.17) is 15.9 Å². The third-order valence-corrected chi connectivity index (χ3v) is 3.53. The fraction of sp³-hybridized carbons (Fsp3) is 0.818. The van der Waals surface area contributed by atoms with Gasteiger partial charge in [0.2, 0.25) is 0 Å². The van der Waals surface area contributed by atoms with E-state index in [-0.39, 0.29) is 23.2 Å². The number of hydrogen-bond acceptors (Lipinski definition) is 4. The number of cyclic esters (lactones) is 1. The first-order valence-corrected chi connectivity index (χ1v) is 6.65. The number of carbonyl (C=O) groups is 1. The first kappa shape index (κ1) is 13.4. The van der Waals surface area contributed by atoms with E-state index in [1.807, 2.05) is 0 Å². The second-order valence-corrected chi connectivity index (χ2v) is 5.70. The third kappa shape index (κ3) is 4.43. The molecule has 16 heavy (non-hydrogen) atoms. The SMILES string of the molecule is CC(C)CC[C@H]1C[C@@H](CSC(=N)N)OC1=O. The Balaban J connectivity index is 2.29. The van der Waals surface area contributed by atoms with Crippen molar-refractivity contribution in [1.29, 1.82) is 5.41 Å². The van der Waals surface area contributed by atoms with Crippen LogP contribution in [0.25, 0.3) is 0 Å². The minimum Gasteiger partial charge on any atom is -0.461 e. The van der Waals surface area contributed by atoms with E-state index in [0.717, 1.165) is 19.3 Å². The lowest BCUT2D eigenvalue weighted by atomic mass is 9.95. The Labute approximate surface area is 101 Å². The third-order valence-electron chi connectivity index (χ3n) is 2.68. The molecule has 1 aliphatic heterocycles. The van der Waals surface area contributed by atoms with Gasteiger partial charge in [0.15, 0.2) is 5.17 Å². The summed E-state index contributed by atoms with van der Waals surface area (Å²) in [7, 11) is 0. The Morgan fingerprint density at radius 3 is 2.94 bits per heavy atom. The molecule has 1 fully saturated rings. The van der Waals surface area contributed by atoms with Crippen molar-refractivity contribution in [1.82, 2.24) is 0 Å². The first-order valence-electron chi connectivity index (χ1n) is 5.66. The number of thioether (sulfide) groups is 1. The molecule has 1 rings (SSSR count). The standard InChI is InChI=1S/C11H20N2O2S/c1-7(2)3-4-8-5-9(15-10(8)14)6-16-11(12)13/h7-9H,3-6H2,1-2H3,(H3,12,13)/t8-,9-/m0/s1. The van der Waals surface area contributed by atoms with Gasteiger partial charge in [-0.2, -0.15) is 0 Å². The average molecular weight is 244 g/mol. The Bertz CT molecular complexity index is 269. The number of hydrogen-bond donors (Lipinski definition) is 2. The van der Waals surface area contributed by atoms with Crippen molar-refractivity contribution in [2.75, 3.05) is 5.75 Å². The predicted molar refractivity (Wildman–Crippen MR) is 66.4 cm³/mol. The van der Waals surface area contributed by atoms with Crippen LogP contribution in [0.5, 0.6) is 0 Å². The van der Waals surface area contributed by atoms with Gasteiger partial charge in [-0.25, -0.2) is 0 Å². The van der Waals surface area contributed by atoms with E-state index in [1.165, 1.54) is 11.8 Å². The maximum absolute atomic E-state index is 11.5. The molecule has 0 radical (unpaired) electrons. The summed E-state index contributed by atoms with van der Waals surface area (Å²) in [6, 6.07) is 0. The zero-order chi connectivity index (χ0) is 12.1. The number of amidine groups is 1. The normalized spacial score (nSPS) is 24.8. The molecular formula is C11H20N2O2S. The van der Waals surface area contributed by atoms with Crippen molar-refractivity contribution in [2.24, 2.45) is 17.6 Å². The van der Waals surface area contributed by atoms with Gasteiger partial charge in [0.05, 0.1) is 5.92 Å². The van der Waals surface area contributed by atoms with E-state index in [1.54, 1.807) is 0 Å². The summed E-state index contributed by atoms with van der Waals surface area (Å²) in [5.41, 5.74) is 5.24. The Kier molecular flexibility index (Phi) is 5.12. The van der Waals surface area contributed by atoms with Gasteiger partial charge in [-0.1, -0.05) is 32.0 Å². The van der Waals surface area contributed by atoms with E-state index in [9.17, 15) is 4.79 Å². The zero-order valence-corrected chi connectivity index (χ0v) is 10.7. The van der Waals surface area contributed by atoms with E-state index < -0.39 is 0 Å². The summed E-state index contributed by atoms with van der Waals surface area (Å²) in [5.74, 6) is 1.22. The molecular weight excluding hydrogens is 224 g/mol. The van der Waals surface area contributed by atoms with Crippen LogP contribution < -0.4 is 5.73 Å². The summed E-state index contributed by atoms with van der Waals surface area (Å²) in [4.78, 5) is 11.5. The van der Waals surface area contributed by atoms with Crippen molar-refractivity contribution >= 4 is 22.9 Å². The molecule has 1 heterocycles. The molecule has 0 amide bonds. The molecule has 0 aromatic heterocycles. The Hall–Kier alpha value is -0.710. The smallest absolute Gasteiger partial charge is 0.309 e. The molecule has 0 aliphatic carbocycles. The summed E-state index contributed by atoms with van der Waals surface area (Å²) in [6.07, 6.45) is 2.70. The molecule has 0 spiro atoms. The van der Waals surface area contributed by atoms with Crippen LogP contribution in [0.1, 0.15) is 33.1 Å². The summed E-state index contributed by atoms with van der Waals surface area (Å²) in [6.45, 7) is 4.31. The second-order valence-electron chi connectivity index (χ2n) is 4.64. The maximum atomic E-state index is 11.5. The van der Waals surface area contributed by atoms with Gasteiger partial charge in [-0.05, 0) is 18.8 Å². The Morgan fingerprint density at radius 1 is 1.69 bits per heavy atom. The van der Waals surface area contributed by atoms with Gasteiger partial charge in [-0.3, -0.25) is 10.2 Å². The fourth-order valence-corrected chi connectivity index (χ4v) is 2.35. The van der Waals surface area contributed by atoms with Crippen molar-refractivity contribution in [3.63, 3.8) is 0 Å². The van der Waals surface area contributed by atoms with Crippen LogP contribution in [0.2, 0.25) is 0 Å². The van der Waals surface area contributed by atoms with Gasteiger partial charge in [0, 0.05) is 5.75 Å². The zero-order valence-electron chi connectivity index (χ0n) is 9.86. The number of ether oxygens (including phenoxy) is 1. The second kappa shape index (κ2) is 6.13. The van der Waals surface area contributed by atoms with Crippen LogP contribution in [0, 0.1) is 17.2 Å². The van der Waals surface area contributed by atoms with Crippen LogP contribution in [-0.2, 0) is 9.53 Å². The molecule has 1 aliphatic rings. The largest absolute Gasteiger partial charge is 0.461 e. The van der Waals surface area contributed by atoms with E-state index in [0.29, 0.717) is 11.7 Å². The van der Waals surface area contributed by atoms with Gasteiger partial charge >= 0.3 is 5.97 Å². The van der Waals surface area contributed by atoms with Gasteiger partial charge in [0.1, 0.15) is 6.10 Å². The number of rotatable bonds is 5. The maximum Gasteiger partial charge on any atom is 0.309 e. The highest BCUT2D eigenvalue weighted by molar-refractivity contribution is 8.13. The van der Waals surface area contributed by atoms with Crippen LogP contribution in [0.15, 0.2) is 0 Å². The van der Waals surface area contributed by atoms with Crippen molar-refractivity contribution in [3.05, 3.63) is 0 Å². The van der Waals surface area contributed by atoms with Crippen LogP contribution >= 0.6 is 11.8 Å². The molecule has 5 heteroatoms. The summed E-state index contributed by atoms with van der Waals surface area (Å²) < 4.78 is 5.24. The molecule has 1 saturated heterocycles. The van der Waals surface area contributed by atoms with Gasteiger partial charge < -0.3 is 10.5 Å². The fourth-order valence-electron chi connectivity index (χ4n) is 1.78. The molecule has 4 nitrogen and oxygen atoms in total. The van der Waals surface area contributed by atoms with Crippen LogP contribution in [0.4, 0.5) is 0 Å². The molecule has 92 valence electrons. The minimum atomic E-state index is -0.0743. The predicted octanol–water partition coefficient (Wildman–Crippen LogP) is 1.98. The average Bonchev–Trinajstić information content (AvgIpc) is 2.53. The highest BCUT2D eigenvalue weighted by Gasteiger charge is 2.33. The highest BCUT2D eigenvalue weighted by atomic mass is 32.2. The molecule has 0 unspecified atom stereocenters. The molecule has 0 bridgehead atoms. The van der Waals surface area contributed by atoms with Crippen LogP contribution in [0.3, 0.4) is 0 Å². The topological polar surface area (TPSA) is 76.2 Å². The van der Waals surface area contributed by atoms with Gasteiger partial charge in [-0.15, -0.1) is 0 Å². The molecule has 0 aromatic rings. The summed E-state index contributed by atoms with van der Waals surface area (Å²) >= 11 is 1.24. The highest BCUT2D eigenvalue weighted by Crippen LogP contribution is 2.28. The molecule has 3 N–H and O–H groups in total. The lowest BCUT2D eigenvalue weighted by molar-refractivity contribution is -0.143. The van der Waals surface area contributed by atoms with Crippen molar-refractivity contribution in [3.8, 4) is 0 Å².